The molecule has 0 radical (unpaired) electrons. The molecule has 0 spiro atoms. The SMILES string of the molecule is COC(=O)c1cc2n(n1)CC=CN2. The smallest absolute Gasteiger partial charge is 0.358 e. The quantitative estimate of drug-likeness (QED) is 0.642. The fourth-order valence-electron chi connectivity index (χ4n) is 1.17. The summed E-state index contributed by atoms with van der Waals surface area (Å²) in [6.07, 6.45) is 3.74. The van der Waals surface area contributed by atoms with Crippen LogP contribution in [-0.4, -0.2) is 22.9 Å². The van der Waals surface area contributed by atoms with Crippen LogP contribution in [0, 0.1) is 0 Å². The second kappa shape index (κ2) is 2.93. The molecule has 1 aromatic heterocycles. The number of hydrogen-bond donors (Lipinski definition) is 1. The van der Waals surface area contributed by atoms with Gasteiger partial charge in [-0.05, 0) is 6.08 Å². The number of fused-ring (bicyclic) bond motifs is 1. The number of carbonyl (C=O) groups excluding carboxylic acids is 1. The molecule has 1 aliphatic heterocycles. The maximum atomic E-state index is 11.1. The van der Waals surface area contributed by atoms with Gasteiger partial charge in [-0.15, -0.1) is 0 Å². The fraction of sp³-hybridized carbons (Fsp3) is 0.250. The van der Waals surface area contributed by atoms with E-state index in [2.05, 4.69) is 15.2 Å². The van der Waals surface area contributed by atoms with Crippen molar-refractivity contribution in [3.05, 3.63) is 24.0 Å². The molecule has 0 bridgehead atoms. The first-order chi connectivity index (χ1) is 6.31. The van der Waals surface area contributed by atoms with E-state index in [0.29, 0.717) is 12.2 Å². The van der Waals surface area contributed by atoms with Crippen molar-refractivity contribution < 1.29 is 9.53 Å². The van der Waals surface area contributed by atoms with E-state index in [1.165, 1.54) is 7.11 Å². The van der Waals surface area contributed by atoms with Gasteiger partial charge in [-0.1, -0.05) is 0 Å². The maximum Gasteiger partial charge on any atom is 0.358 e. The predicted octanol–water partition coefficient (Wildman–Crippen LogP) is 0.609. The number of ether oxygens (including phenoxy) is 1. The molecule has 5 nitrogen and oxygen atoms in total. The molecule has 2 heterocycles. The van der Waals surface area contributed by atoms with Crippen molar-refractivity contribution in [1.82, 2.24) is 9.78 Å². The summed E-state index contributed by atoms with van der Waals surface area (Å²) in [5.74, 6) is 0.395. The molecule has 0 aromatic carbocycles. The number of methoxy groups -OCH3 is 1. The van der Waals surface area contributed by atoms with Crippen LogP contribution in [0.5, 0.6) is 0 Å². The first-order valence-electron chi connectivity index (χ1n) is 3.89. The van der Waals surface area contributed by atoms with Gasteiger partial charge in [0.15, 0.2) is 5.69 Å². The van der Waals surface area contributed by atoms with Gasteiger partial charge in [0.05, 0.1) is 13.7 Å². The minimum atomic E-state index is -0.413. The van der Waals surface area contributed by atoms with Crippen LogP contribution in [-0.2, 0) is 11.3 Å². The number of anilines is 1. The number of aromatic nitrogens is 2. The van der Waals surface area contributed by atoms with Crippen LogP contribution in [0.3, 0.4) is 0 Å². The van der Waals surface area contributed by atoms with Gasteiger partial charge in [-0.25, -0.2) is 9.48 Å². The Morgan fingerprint density at radius 2 is 2.62 bits per heavy atom. The number of rotatable bonds is 1. The average molecular weight is 179 g/mol. The van der Waals surface area contributed by atoms with Crippen LogP contribution < -0.4 is 5.32 Å². The number of carbonyl (C=O) groups is 1. The normalized spacial score (nSPS) is 13.3. The molecule has 0 atom stereocenters. The average Bonchev–Trinajstić information content (AvgIpc) is 2.59. The van der Waals surface area contributed by atoms with E-state index in [1.54, 1.807) is 10.7 Å². The number of allylic oxidation sites excluding steroid dienone is 1. The molecule has 0 unspecified atom stereocenters. The van der Waals surface area contributed by atoms with Gasteiger partial charge in [0, 0.05) is 12.3 Å². The van der Waals surface area contributed by atoms with Crippen LogP contribution in [0.25, 0.3) is 0 Å². The fourth-order valence-corrected chi connectivity index (χ4v) is 1.17. The zero-order valence-electron chi connectivity index (χ0n) is 7.15. The summed E-state index contributed by atoms with van der Waals surface area (Å²) < 4.78 is 6.25. The summed E-state index contributed by atoms with van der Waals surface area (Å²) >= 11 is 0. The molecule has 0 fully saturated rings. The summed E-state index contributed by atoms with van der Waals surface area (Å²) in [6, 6.07) is 1.66. The first-order valence-corrected chi connectivity index (χ1v) is 3.89. The topological polar surface area (TPSA) is 56.2 Å². The van der Waals surface area contributed by atoms with E-state index in [0.717, 1.165) is 5.82 Å². The van der Waals surface area contributed by atoms with Gasteiger partial charge in [0.1, 0.15) is 5.82 Å². The van der Waals surface area contributed by atoms with Crippen LogP contribution in [0.1, 0.15) is 10.5 Å². The lowest BCUT2D eigenvalue weighted by molar-refractivity contribution is 0.0593. The van der Waals surface area contributed by atoms with Crippen molar-refractivity contribution in [1.29, 1.82) is 0 Å². The molecule has 1 N–H and O–H groups in total. The largest absolute Gasteiger partial charge is 0.464 e. The zero-order chi connectivity index (χ0) is 9.26. The maximum absolute atomic E-state index is 11.1. The molecule has 0 saturated carbocycles. The zero-order valence-corrected chi connectivity index (χ0v) is 7.15. The van der Waals surface area contributed by atoms with Crippen LogP contribution in [0.2, 0.25) is 0 Å². The Morgan fingerprint density at radius 3 is 3.31 bits per heavy atom. The number of nitrogens with zero attached hydrogens (tertiary/aromatic N) is 2. The van der Waals surface area contributed by atoms with Crippen molar-refractivity contribution in [2.24, 2.45) is 0 Å². The molecular weight excluding hydrogens is 170 g/mol. The van der Waals surface area contributed by atoms with E-state index >= 15 is 0 Å². The Kier molecular flexibility index (Phi) is 1.77. The Labute approximate surface area is 75.0 Å². The van der Waals surface area contributed by atoms with E-state index in [4.69, 9.17) is 0 Å². The van der Waals surface area contributed by atoms with Crippen molar-refractivity contribution in [2.75, 3.05) is 12.4 Å². The minimum Gasteiger partial charge on any atom is -0.464 e. The monoisotopic (exact) mass is 179 g/mol. The lowest BCUT2D eigenvalue weighted by Gasteiger charge is -2.07. The van der Waals surface area contributed by atoms with Gasteiger partial charge in [-0.3, -0.25) is 0 Å². The highest BCUT2D eigenvalue weighted by Crippen LogP contribution is 2.14. The Hall–Kier alpha value is -1.78. The third-order valence-corrected chi connectivity index (χ3v) is 1.80. The highest BCUT2D eigenvalue weighted by atomic mass is 16.5. The molecule has 68 valence electrons. The summed E-state index contributed by atoms with van der Waals surface area (Å²) in [5.41, 5.74) is 0.328. The lowest BCUT2D eigenvalue weighted by atomic mass is 10.4. The standard InChI is InChI=1S/C8H9N3O2/c1-13-8(12)6-5-7-9-3-2-4-11(7)10-6/h2-3,5,9H,4H2,1H3. The number of hydrogen-bond acceptors (Lipinski definition) is 4. The summed E-state index contributed by atoms with van der Waals surface area (Å²) in [4.78, 5) is 11.1. The molecule has 1 aromatic rings. The second-order valence-electron chi connectivity index (χ2n) is 2.64. The van der Waals surface area contributed by atoms with Crippen LogP contribution in [0.4, 0.5) is 5.82 Å². The molecule has 0 amide bonds. The molecule has 2 rings (SSSR count). The van der Waals surface area contributed by atoms with Crippen molar-refractivity contribution >= 4 is 11.8 Å². The first kappa shape index (κ1) is 7.85. The third kappa shape index (κ3) is 1.28. The van der Waals surface area contributed by atoms with Gasteiger partial charge in [0.25, 0.3) is 0 Å². The molecule has 0 saturated heterocycles. The molecule has 5 heteroatoms. The lowest BCUT2D eigenvalue weighted by Crippen LogP contribution is -2.08. The minimum absolute atomic E-state index is 0.328. The van der Waals surface area contributed by atoms with Gasteiger partial charge in [-0.2, -0.15) is 5.10 Å². The summed E-state index contributed by atoms with van der Waals surface area (Å²) in [6.45, 7) is 0.680. The van der Waals surface area contributed by atoms with Crippen LogP contribution in [0.15, 0.2) is 18.3 Å². The van der Waals surface area contributed by atoms with E-state index in [9.17, 15) is 4.79 Å². The second-order valence-corrected chi connectivity index (χ2v) is 2.64. The highest BCUT2D eigenvalue weighted by Gasteiger charge is 2.14. The van der Waals surface area contributed by atoms with E-state index in [-0.39, 0.29) is 0 Å². The van der Waals surface area contributed by atoms with Gasteiger partial charge < -0.3 is 10.1 Å². The van der Waals surface area contributed by atoms with Gasteiger partial charge in [0.2, 0.25) is 0 Å². The van der Waals surface area contributed by atoms with Crippen LogP contribution >= 0.6 is 0 Å². The number of esters is 1. The van der Waals surface area contributed by atoms with E-state index in [1.807, 2.05) is 12.3 Å². The van der Waals surface area contributed by atoms with Crippen molar-refractivity contribution in [3.8, 4) is 0 Å². The van der Waals surface area contributed by atoms with Crippen molar-refractivity contribution in [2.45, 2.75) is 6.54 Å². The van der Waals surface area contributed by atoms with Crippen molar-refractivity contribution in [3.63, 3.8) is 0 Å². The summed E-state index contributed by atoms with van der Waals surface area (Å²) in [5, 5.41) is 7.02. The Morgan fingerprint density at radius 1 is 1.77 bits per heavy atom. The molecule has 1 aliphatic rings. The number of nitrogens with one attached hydrogen (secondary N) is 1. The molecule has 0 aliphatic carbocycles. The molecule has 13 heavy (non-hydrogen) atoms. The Bertz CT molecular complexity index is 342. The molecular formula is C8H9N3O2. The highest BCUT2D eigenvalue weighted by molar-refractivity contribution is 5.88. The third-order valence-electron chi connectivity index (χ3n) is 1.80. The van der Waals surface area contributed by atoms with Gasteiger partial charge >= 0.3 is 5.97 Å². The predicted molar refractivity (Wildman–Crippen MR) is 46.3 cm³/mol. The van der Waals surface area contributed by atoms with E-state index < -0.39 is 5.97 Å². The summed E-state index contributed by atoms with van der Waals surface area (Å²) in [7, 11) is 1.34. The Balaban J connectivity index is 2.32.